The van der Waals surface area contributed by atoms with Crippen LogP contribution < -0.4 is 10.6 Å². The van der Waals surface area contributed by atoms with Crippen molar-refractivity contribution in [2.75, 3.05) is 11.9 Å². The summed E-state index contributed by atoms with van der Waals surface area (Å²) in [6.45, 7) is 4.86. The van der Waals surface area contributed by atoms with Crippen molar-refractivity contribution in [3.05, 3.63) is 46.7 Å². The summed E-state index contributed by atoms with van der Waals surface area (Å²) in [5, 5.41) is 6.29. The molecule has 2 N–H and O–H groups in total. The molecule has 0 atom stereocenters. The second-order valence-corrected chi connectivity index (χ2v) is 6.45. The molecule has 0 bridgehead atoms. The molecule has 0 aliphatic carbocycles. The Hall–Kier alpha value is -1.86. The zero-order chi connectivity index (χ0) is 19.2. The van der Waals surface area contributed by atoms with Crippen LogP contribution >= 0.6 is 11.6 Å². The summed E-state index contributed by atoms with van der Waals surface area (Å²) in [4.78, 5) is 7.69. The van der Waals surface area contributed by atoms with E-state index in [0.717, 1.165) is 12.8 Å². The third kappa shape index (κ3) is 5.85. The van der Waals surface area contributed by atoms with Gasteiger partial charge >= 0.3 is 6.18 Å². The van der Waals surface area contributed by atoms with Crippen LogP contribution in [-0.2, 0) is 12.7 Å². The van der Waals surface area contributed by atoms with Crippen molar-refractivity contribution >= 4 is 23.2 Å². The molecule has 0 saturated carbocycles. The molecule has 0 aliphatic rings. The Kier molecular flexibility index (Phi) is 7.23. The molecule has 1 aromatic carbocycles. The molecule has 0 aliphatic heterocycles. The molecule has 1 heterocycles. The van der Waals surface area contributed by atoms with E-state index in [1.165, 1.54) is 6.20 Å². The van der Waals surface area contributed by atoms with E-state index in [1.807, 2.05) is 0 Å². The standard InChI is InChI=1S/C18H22ClF3N4/c1-3-12(4-2)9-23-10-13-11-24-17(26-16(13)18(20,21)22)25-15-7-5-6-14(19)8-15/h5-8,11-12,23H,3-4,9-10H2,1-2H3,(H,24,25,26). The quantitative estimate of drug-likeness (QED) is 0.636. The number of rotatable bonds is 8. The summed E-state index contributed by atoms with van der Waals surface area (Å²) in [5.74, 6) is 0.317. The largest absolute Gasteiger partial charge is 0.433 e. The van der Waals surface area contributed by atoms with Gasteiger partial charge in [0, 0.05) is 29.0 Å². The summed E-state index contributed by atoms with van der Waals surface area (Å²) in [5.41, 5.74) is -0.389. The maximum atomic E-state index is 13.4. The monoisotopic (exact) mass is 386 g/mol. The molecular formula is C18H22ClF3N4. The minimum Gasteiger partial charge on any atom is -0.324 e. The van der Waals surface area contributed by atoms with Crippen LogP contribution in [0.2, 0.25) is 5.02 Å². The first-order chi connectivity index (χ1) is 12.3. The summed E-state index contributed by atoms with van der Waals surface area (Å²) in [6.07, 6.45) is -1.38. The number of aromatic nitrogens is 2. The molecule has 8 heteroatoms. The lowest BCUT2D eigenvalue weighted by Gasteiger charge is -2.16. The highest BCUT2D eigenvalue weighted by molar-refractivity contribution is 6.30. The second-order valence-electron chi connectivity index (χ2n) is 6.01. The molecule has 0 saturated heterocycles. The van der Waals surface area contributed by atoms with Crippen LogP contribution in [-0.4, -0.2) is 16.5 Å². The zero-order valence-electron chi connectivity index (χ0n) is 14.7. The summed E-state index contributed by atoms with van der Waals surface area (Å²) < 4.78 is 40.1. The van der Waals surface area contributed by atoms with Crippen LogP contribution in [0.15, 0.2) is 30.5 Å². The number of alkyl halides is 3. The van der Waals surface area contributed by atoms with Crippen LogP contribution in [0.4, 0.5) is 24.8 Å². The van der Waals surface area contributed by atoms with E-state index >= 15 is 0 Å². The lowest BCUT2D eigenvalue weighted by molar-refractivity contribution is -0.141. The molecule has 142 valence electrons. The maximum absolute atomic E-state index is 13.4. The zero-order valence-corrected chi connectivity index (χ0v) is 15.5. The first kappa shape index (κ1) is 20.5. The van der Waals surface area contributed by atoms with Gasteiger partial charge in [0.2, 0.25) is 5.95 Å². The molecular weight excluding hydrogens is 365 g/mol. The normalized spacial score (nSPS) is 11.8. The molecule has 1 aromatic heterocycles. The van der Waals surface area contributed by atoms with Crippen LogP contribution in [0.5, 0.6) is 0 Å². The van der Waals surface area contributed by atoms with Crippen molar-refractivity contribution in [2.24, 2.45) is 5.92 Å². The highest BCUT2D eigenvalue weighted by atomic mass is 35.5. The van der Waals surface area contributed by atoms with Crippen molar-refractivity contribution < 1.29 is 13.2 Å². The van der Waals surface area contributed by atoms with E-state index in [9.17, 15) is 13.2 Å². The molecule has 0 spiro atoms. The number of hydrogen-bond donors (Lipinski definition) is 2. The number of anilines is 2. The van der Waals surface area contributed by atoms with E-state index < -0.39 is 11.9 Å². The highest BCUT2D eigenvalue weighted by Gasteiger charge is 2.36. The molecule has 4 nitrogen and oxygen atoms in total. The van der Waals surface area contributed by atoms with E-state index in [2.05, 4.69) is 34.4 Å². The van der Waals surface area contributed by atoms with Crippen molar-refractivity contribution in [2.45, 2.75) is 39.4 Å². The maximum Gasteiger partial charge on any atom is 0.433 e. The Morgan fingerprint density at radius 3 is 2.54 bits per heavy atom. The van der Waals surface area contributed by atoms with Gasteiger partial charge in [0.05, 0.1) is 0 Å². The molecule has 0 unspecified atom stereocenters. The lowest BCUT2D eigenvalue weighted by Crippen LogP contribution is -2.24. The van der Waals surface area contributed by atoms with Crippen molar-refractivity contribution in [1.29, 1.82) is 0 Å². The van der Waals surface area contributed by atoms with Gasteiger partial charge in [-0.25, -0.2) is 9.97 Å². The van der Waals surface area contributed by atoms with Gasteiger partial charge in [0.15, 0.2) is 5.69 Å². The highest BCUT2D eigenvalue weighted by Crippen LogP contribution is 2.31. The Labute approximate surface area is 156 Å². The minimum absolute atomic E-state index is 0.0279. The van der Waals surface area contributed by atoms with Gasteiger partial charge in [-0.3, -0.25) is 0 Å². The first-order valence-electron chi connectivity index (χ1n) is 8.49. The smallest absolute Gasteiger partial charge is 0.324 e. The van der Waals surface area contributed by atoms with Gasteiger partial charge in [-0.05, 0) is 30.7 Å². The summed E-state index contributed by atoms with van der Waals surface area (Å²) >= 11 is 5.88. The van der Waals surface area contributed by atoms with Crippen molar-refractivity contribution in [3.8, 4) is 0 Å². The average molecular weight is 387 g/mol. The second kappa shape index (κ2) is 9.19. The van der Waals surface area contributed by atoms with Crippen LogP contribution in [0, 0.1) is 5.92 Å². The fraction of sp³-hybridized carbons (Fsp3) is 0.444. The summed E-state index contributed by atoms with van der Waals surface area (Å²) in [7, 11) is 0. The molecule has 0 radical (unpaired) electrons. The first-order valence-corrected chi connectivity index (χ1v) is 8.87. The minimum atomic E-state index is -4.56. The van der Waals surface area contributed by atoms with Crippen molar-refractivity contribution in [3.63, 3.8) is 0 Å². The molecule has 26 heavy (non-hydrogen) atoms. The van der Waals surface area contributed by atoms with E-state index in [0.29, 0.717) is 23.2 Å². The lowest BCUT2D eigenvalue weighted by atomic mass is 10.0. The third-order valence-electron chi connectivity index (χ3n) is 4.12. The van der Waals surface area contributed by atoms with Gasteiger partial charge in [0.1, 0.15) is 0 Å². The van der Waals surface area contributed by atoms with E-state index in [4.69, 9.17) is 11.6 Å². The Balaban J connectivity index is 2.16. The molecule has 0 amide bonds. The SMILES string of the molecule is CCC(CC)CNCc1cnc(Nc2cccc(Cl)c2)nc1C(F)(F)F. The number of nitrogens with one attached hydrogen (secondary N) is 2. The molecule has 2 aromatic rings. The van der Waals surface area contributed by atoms with Crippen molar-refractivity contribution in [1.82, 2.24) is 15.3 Å². The Morgan fingerprint density at radius 2 is 1.92 bits per heavy atom. The number of benzene rings is 1. The van der Waals surface area contributed by atoms with E-state index in [-0.39, 0.29) is 18.1 Å². The number of nitrogens with zero attached hydrogens (tertiary/aromatic N) is 2. The van der Waals surface area contributed by atoms with Gasteiger partial charge in [-0.1, -0.05) is 44.4 Å². The van der Waals surface area contributed by atoms with Gasteiger partial charge < -0.3 is 10.6 Å². The van der Waals surface area contributed by atoms with Crippen LogP contribution in [0.25, 0.3) is 0 Å². The van der Waals surface area contributed by atoms with Gasteiger partial charge in [-0.2, -0.15) is 13.2 Å². The topological polar surface area (TPSA) is 49.8 Å². The predicted molar refractivity (Wildman–Crippen MR) is 97.5 cm³/mol. The molecule has 2 rings (SSSR count). The fourth-order valence-electron chi connectivity index (χ4n) is 2.53. The average Bonchev–Trinajstić information content (AvgIpc) is 2.59. The Bertz CT molecular complexity index is 718. The number of halogens is 4. The predicted octanol–water partition coefficient (Wildman–Crippen LogP) is 5.42. The van der Waals surface area contributed by atoms with E-state index in [1.54, 1.807) is 24.3 Å². The third-order valence-corrected chi connectivity index (χ3v) is 4.35. The van der Waals surface area contributed by atoms with Gasteiger partial charge in [-0.15, -0.1) is 0 Å². The molecule has 0 fully saturated rings. The summed E-state index contributed by atoms with van der Waals surface area (Å²) in [6, 6.07) is 6.62. The van der Waals surface area contributed by atoms with Gasteiger partial charge in [0.25, 0.3) is 0 Å². The fourth-order valence-corrected chi connectivity index (χ4v) is 2.72. The number of hydrogen-bond acceptors (Lipinski definition) is 4. The van der Waals surface area contributed by atoms with Crippen LogP contribution in [0.3, 0.4) is 0 Å². The Morgan fingerprint density at radius 1 is 1.19 bits per heavy atom. The van der Waals surface area contributed by atoms with Crippen LogP contribution in [0.1, 0.15) is 37.9 Å².